The smallest absolute Gasteiger partial charge is 2.00 e. The summed E-state index contributed by atoms with van der Waals surface area (Å²) < 4.78 is 0. The maximum atomic E-state index is 0. The molecule has 0 heterocycles. The second-order valence-corrected chi connectivity index (χ2v) is 0. The van der Waals surface area contributed by atoms with Crippen molar-refractivity contribution in [1.82, 2.24) is 0 Å². The van der Waals surface area contributed by atoms with Gasteiger partial charge in [-0.3, -0.25) is 0 Å². The van der Waals surface area contributed by atoms with Crippen molar-refractivity contribution in [3.63, 3.8) is 0 Å². The van der Waals surface area contributed by atoms with E-state index in [1.165, 1.54) is 0 Å². The van der Waals surface area contributed by atoms with Gasteiger partial charge in [0.25, 0.3) is 0 Å². The Hall–Kier alpha value is 2.26. The number of rotatable bonds is 0. The molecule has 4 heavy (non-hydrogen) atoms. The van der Waals surface area contributed by atoms with Gasteiger partial charge in [0.05, 0.1) is 0 Å². The van der Waals surface area contributed by atoms with Crippen molar-refractivity contribution in [2.45, 2.75) is 0 Å². The molecular formula is AlBi2O+7. The Bertz CT molecular complexity index is 6.00. The van der Waals surface area contributed by atoms with Crippen molar-refractivity contribution < 1.29 is 5.48 Å². The van der Waals surface area contributed by atoms with Crippen LogP contribution in [0.25, 0.3) is 0 Å². The predicted molar refractivity (Wildman–Crippen MR) is 17.9 cm³/mol. The Morgan fingerprint density at radius 3 is 0.750 bits per heavy atom. The van der Waals surface area contributed by atoms with Crippen LogP contribution in [0.1, 0.15) is 0 Å². The molecule has 0 aromatic heterocycles. The Balaban J connectivity index is 0. The van der Waals surface area contributed by atoms with Crippen LogP contribution in [0.2, 0.25) is 0 Å². The van der Waals surface area contributed by atoms with Crippen molar-refractivity contribution in [1.29, 1.82) is 0 Å². The molecule has 0 aliphatic carbocycles. The Morgan fingerprint density at radius 1 is 0.750 bits per heavy atom. The molecule has 0 saturated heterocycles. The van der Waals surface area contributed by atoms with Gasteiger partial charge in [-0.15, -0.1) is 0 Å². The number of hydrogen-bond donors (Lipinski definition) is 0. The Kier molecular flexibility index (Phi) is 159. The van der Waals surface area contributed by atoms with Crippen LogP contribution in [0.15, 0.2) is 0 Å². The second-order valence-electron chi connectivity index (χ2n) is 0. The van der Waals surface area contributed by atoms with Gasteiger partial charge in [-0.25, -0.2) is 0 Å². The zero-order valence-electron chi connectivity index (χ0n) is 1.88. The normalized spacial score (nSPS) is 0. The molecule has 0 saturated carbocycles. The molecule has 0 unspecified atom stereocenters. The first-order chi connectivity index (χ1) is 0. The molecule has 0 N–H and O–H groups in total. The van der Waals surface area contributed by atoms with Crippen LogP contribution < -0.4 is 0 Å². The minimum Gasteiger partial charge on any atom is -2.00 e. The van der Waals surface area contributed by atoms with Gasteiger partial charge in [0.2, 0.25) is 0 Å². The average Bonchev–Trinajstić information content (AvgIpc) is 0. The summed E-state index contributed by atoms with van der Waals surface area (Å²) >= 11 is 0. The van der Waals surface area contributed by atoms with Gasteiger partial charge < -0.3 is 5.48 Å². The van der Waals surface area contributed by atoms with E-state index >= 15 is 0 Å². The van der Waals surface area contributed by atoms with Crippen molar-refractivity contribution in [2.24, 2.45) is 0 Å². The fourth-order valence-corrected chi connectivity index (χ4v) is 0. The summed E-state index contributed by atoms with van der Waals surface area (Å²) in [5.74, 6) is 0. The topological polar surface area (TPSA) is 28.5 Å². The van der Waals surface area contributed by atoms with E-state index in [4.69, 9.17) is 0 Å². The van der Waals surface area contributed by atoms with Gasteiger partial charge >= 0.3 is 69.8 Å². The largest absolute Gasteiger partial charge is 3.00 e. The van der Waals surface area contributed by atoms with E-state index in [-0.39, 0.29) is 75.2 Å². The molecule has 0 aromatic rings. The molecule has 0 aliphatic rings. The first kappa shape index (κ1) is 33.9. The van der Waals surface area contributed by atoms with E-state index in [2.05, 4.69) is 0 Å². The minimum absolute atomic E-state index is 0. The van der Waals surface area contributed by atoms with Crippen LogP contribution in [0.5, 0.6) is 0 Å². The molecule has 4 radical (unpaired) electrons. The maximum Gasteiger partial charge on any atom is 3.00 e. The minimum atomic E-state index is 0. The summed E-state index contributed by atoms with van der Waals surface area (Å²) in [7, 11) is 0. The quantitative estimate of drug-likeness (QED) is 0.404. The molecule has 0 fully saturated rings. The van der Waals surface area contributed by atoms with E-state index in [9.17, 15) is 0 Å². The van der Waals surface area contributed by atoms with Crippen LogP contribution in [-0.4, -0.2) is 69.8 Å². The van der Waals surface area contributed by atoms with Crippen LogP contribution in [0.3, 0.4) is 0 Å². The fraction of sp³-hybridized carbons (Fsp3) is 0. The summed E-state index contributed by atoms with van der Waals surface area (Å²) in [5, 5.41) is 0. The van der Waals surface area contributed by atoms with Gasteiger partial charge in [0.15, 0.2) is 0 Å². The summed E-state index contributed by atoms with van der Waals surface area (Å²) in [6.45, 7) is 0. The summed E-state index contributed by atoms with van der Waals surface area (Å²) in [5.41, 5.74) is 0. The van der Waals surface area contributed by atoms with Crippen molar-refractivity contribution in [3.8, 4) is 0 Å². The molecule has 0 spiro atoms. The van der Waals surface area contributed by atoms with Gasteiger partial charge in [-0.2, -0.15) is 0 Å². The summed E-state index contributed by atoms with van der Waals surface area (Å²) in [6, 6.07) is 0. The molecule has 0 bridgehead atoms. The Morgan fingerprint density at radius 2 is 0.750 bits per heavy atom. The third-order valence-electron chi connectivity index (χ3n) is 0. The first-order valence-electron chi connectivity index (χ1n) is 0. The monoisotopic (exact) mass is 461 g/mol. The molecule has 4 heteroatoms. The zero-order chi connectivity index (χ0) is 0. The second kappa shape index (κ2) is 18.7. The van der Waals surface area contributed by atoms with Gasteiger partial charge in [-0.1, -0.05) is 0 Å². The molecule has 0 rings (SSSR count). The molecule has 0 atom stereocenters. The Labute approximate surface area is 74.2 Å². The van der Waals surface area contributed by atoms with E-state index < -0.39 is 0 Å². The van der Waals surface area contributed by atoms with E-state index in [1.807, 2.05) is 0 Å². The zero-order valence-corrected chi connectivity index (χ0v) is 9.99. The van der Waals surface area contributed by atoms with Gasteiger partial charge in [-0.05, 0) is 0 Å². The summed E-state index contributed by atoms with van der Waals surface area (Å²) in [6.07, 6.45) is 0. The number of hydrogen-bond acceptors (Lipinski definition) is 0. The third kappa shape index (κ3) is 8.86. The fourth-order valence-electron chi connectivity index (χ4n) is 0. The van der Waals surface area contributed by atoms with E-state index in [0.717, 1.165) is 0 Å². The van der Waals surface area contributed by atoms with Crippen LogP contribution in [0, 0.1) is 0 Å². The van der Waals surface area contributed by atoms with Crippen molar-refractivity contribution >= 4 is 69.8 Å². The predicted octanol–water partition coefficient (Wildman–Crippen LogP) is -1.26. The standard InChI is InChI=1S/Al.2Bi.O/q3*+3;-2. The molecule has 12 valence electrons. The molecule has 0 aliphatic heterocycles. The van der Waals surface area contributed by atoms with Crippen LogP contribution >= 0.6 is 0 Å². The van der Waals surface area contributed by atoms with E-state index in [0.29, 0.717) is 0 Å². The SMILES string of the molecule is [Al+3].[Bi+3].[Bi+3].[O-2]. The average molecular weight is 461 g/mol. The molecule has 0 amide bonds. The molecule has 1 nitrogen and oxygen atoms in total. The van der Waals surface area contributed by atoms with Crippen LogP contribution in [0.4, 0.5) is 0 Å². The van der Waals surface area contributed by atoms with Crippen molar-refractivity contribution in [3.05, 3.63) is 0 Å². The third-order valence-corrected chi connectivity index (χ3v) is 0. The molecule has 0 aromatic carbocycles. The first-order valence-corrected chi connectivity index (χ1v) is 0. The van der Waals surface area contributed by atoms with E-state index in [1.54, 1.807) is 0 Å². The van der Waals surface area contributed by atoms with Gasteiger partial charge in [0, 0.05) is 0 Å². The van der Waals surface area contributed by atoms with Gasteiger partial charge in [0.1, 0.15) is 0 Å². The van der Waals surface area contributed by atoms with Crippen molar-refractivity contribution in [2.75, 3.05) is 0 Å². The van der Waals surface area contributed by atoms with Crippen LogP contribution in [-0.2, 0) is 5.48 Å². The molecular weight excluding hydrogens is 461 g/mol. The summed E-state index contributed by atoms with van der Waals surface area (Å²) in [4.78, 5) is 0. The maximum absolute atomic E-state index is 0.